The molecule has 4 nitrogen and oxygen atoms in total. The second-order valence-electron chi connectivity index (χ2n) is 5.84. The number of rotatable bonds is 5. The maximum Gasteiger partial charge on any atom is 0.117 e. The summed E-state index contributed by atoms with van der Waals surface area (Å²) in [6, 6.07) is 3.98. The molecule has 0 bridgehead atoms. The van der Waals surface area contributed by atoms with Crippen LogP contribution in [0.2, 0.25) is 0 Å². The van der Waals surface area contributed by atoms with Crippen LogP contribution in [0.5, 0.6) is 0 Å². The molecule has 2 atom stereocenters. The van der Waals surface area contributed by atoms with Crippen molar-refractivity contribution in [2.75, 3.05) is 26.3 Å². The second-order valence-corrected chi connectivity index (χ2v) is 5.84. The Bertz CT molecular complexity index is 431. The molecule has 1 spiro atoms. The summed E-state index contributed by atoms with van der Waals surface area (Å²) in [5, 5.41) is 0. The van der Waals surface area contributed by atoms with Crippen LogP contribution in [-0.4, -0.2) is 42.9 Å². The largest absolute Gasteiger partial charge is 0.468 e. The fourth-order valence-corrected chi connectivity index (χ4v) is 3.35. The lowest BCUT2D eigenvalue weighted by Crippen LogP contribution is -2.47. The van der Waals surface area contributed by atoms with Crippen LogP contribution in [0, 0.1) is 0 Å². The average molecular weight is 277 g/mol. The third-order valence-corrected chi connectivity index (χ3v) is 4.20. The lowest BCUT2D eigenvalue weighted by molar-refractivity contribution is -0.0555. The maximum absolute atomic E-state index is 6.11. The highest BCUT2D eigenvalue weighted by molar-refractivity contribution is 5.01. The number of furan rings is 1. The van der Waals surface area contributed by atoms with Gasteiger partial charge in [-0.05, 0) is 31.5 Å². The van der Waals surface area contributed by atoms with Crippen LogP contribution < -0.4 is 0 Å². The molecule has 0 saturated carbocycles. The topological polar surface area (TPSA) is 34.8 Å². The van der Waals surface area contributed by atoms with Crippen molar-refractivity contribution in [3.8, 4) is 0 Å². The highest BCUT2D eigenvalue weighted by atomic mass is 16.6. The van der Waals surface area contributed by atoms with E-state index >= 15 is 0 Å². The fraction of sp³-hybridized carbons (Fsp3) is 0.625. The number of hydrogen-bond acceptors (Lipinski definition) is 4. The molecule has 0 radical (unpaired) electrons. The lowest BCUT2D eigenvalue weighted by Gasteiger charge is -2.39. The van der Waals surface area contributed by atoms with Gasteiger partial charge in [-0.2, -0.15) is 0 Å². The van der Waals surface area contributed by atoms with Crippen molar-refractivity contribution in [1.82, 2.24) is 4.90 Å². The monoisotopic (exact) mass is 277 g/mol. The summed E-state index contributed by atoms with van der Waals surface area (Å²) in [7, 11) is 0. The average Bonchev–Trinajstić information content (AvgIpc) is 3.07. The Kier molecular flexibility index (Phi) is 4.24. The zero-order chi connectivity index (χ0) is 13.8. The highest BCUT2D eigenvalue weighted by Crippen LogP contribution is 2.36. The summed E-state index contributed by atoms with van der Waals surface area (Å²) in [5.41, 5.74) is -0.0172. The van der Waals surface area contributed by atoms with Crippen molar-refractivity contribution in [1.29, 1.82) is 0 Å². The summed E-state index contributed by atoms with van der Waals surface area (Å²) >= 11 is 0. The predicted octanol–water partition coefficient (Wildman–Crippen LogP) is 2.61. The molecule has 0 unspecified atom stereocenters. The predicted molar refractivity (Wildman–Crippen MR) is 76.5 cm³/mol. The Hall–Kier alpha value is -1.10. The fourth-order valence-electron chi connectivity index (χ4n) is 3.35. The van der Waals surface area contributed by atoms with Crippen molar-refractivity contribution in [2.45, 2.75) is 37.5 Å². The summed E-state index contributed by atoms with van der Waals surface area (Å²) in [4.78, 5) is 2.43. The zero-order valence-electron chi connectivity index (χ0n) is 11.9. The van der Waals surface area contributed by atoms with Gasteiger partial charge in [0, 0.05) is 13.0 Å². The minimum Gasteiger partial charge on any atom is -0.468 e. The summed E-state index contributed by atoms with van der Waals surface area (Å²) in [5.74, 6) is 1.03. The Morgan fingerprint density at radius 1 is 1.55 bits per heavy atom. The van der Waals surface area contributed by atoms with Crippen molar-refractivity contribution in [2.24, 2.45) is 0 Å². The van der Waals surface area contributed by atoms with E-state index in [-0.39, 0.29) is 11.7 Å². The Morgan fingerprint density at radius 2 is 2.50 bits per heavy atom. The molecule has 110 valence electrons. The number of likely N-dealkylation sites (tertiary alicyclic amines) is 1. The van der Waals surface area contributed by atoms with Gasteiger partial charge in [0.1, 0.15) is 5.76 Å². The van der Waals surface area contributed by atoms with Gasteiger partial charge < -0.3 is 13.9 Å². The summed E-state index contributed by atoms with van der Waals surface area (Å²) in [6.45, 7) is 7.98. The molecule has 0 N–H and O–H groups in total. The van der Waals surface area contributed by atoms with Crippen LogP contribution in [0.3, 0.4) is 0 Å². The van der Waals surface area contributed by atoms with Gasteiger partial charge in [-0.1, -0.05) is 6.08 Å². The van der Waals surface area contributed by atoms with E-state index in [2.05, 4.69) is 11.5 Å². The van der Waals surface area contributed by atoms with Crippen molar-refractivity contribution in [3.63, 3.8) is 0 Å². The van der Waals surface area contributed by atoms with Crippen LogP contribution in [0.15, 0.2) is 35.5 Å². The molecule has 0 aliphatic carbocycles. The van der Waals surface area contributed by atoms with Crippen LogP contribution in [0.25, 0.3) is 0 Å². The third kappa shape index (κ3) is 3.14. The molecular formula is C16H23NO3. The molecule has 20 heavy (non-hydrogen) atoms. The van der Waals surface area contributed by atoms with Crippen LogP contribution in [0.1, 0.15) is 25.0 Å². The highest BCUT2D eigenvalue weighted by Gasteiger charge is 2.43. The van der Waals surface area contributed by atoms with Crippen LogP contribution in [-0.2, 0) is 16.0 Å². The zero-order valence-corrected chi connectivity index (χ0v) is 11.9. The first-order chi connectivity index (χ1) is 9.80. The van der Waals surface area contributed by atoms with Gasteiger partial charge in [0.25, 0.3) is 0 Å². The van der Waals surface area contributed by atoms with E-state index in [1.807, 2.05) is 12.1 Å². The van der Waals surface area contributed by atoms with E-state index in [0.717, 1.165) is 38.2 Å². The first kappa shape index (κ1) is 13.9. The van der Waals surface area contributed by atoms with E-state index in [1.165, 1.54) is 6.42 Å². The first-order valence-corrected chi connectivity index (χ1v) is 7.41. The molecular weight excluding hydrogens is 254 g/mol. The Balaban J connectivity index is 1.56. The molecule has 0 amide bonds. The normalized spacial score (nSPS) is 30.9. The standard InChI is InChI=1S/C16H23NO3/c1-2-8-18-15-10-16(20-12-15)6-4-7-17(13-16)11-14-5-3-9-19-14/h2-3,5,9,15H,1,4,6-8,10-13H2/t15-,16-/m0/s1. The van der Waals surface area contributed by atoms with Gasteiger partial charge in [0.2, 0.25) is 0 Å². The number of ether oxygens (including phenoxy) is 2. The smallest absolute Gasteiger partial charge is 0.117 e. The van der Waals surface area contributed by atoms with Gasteiger partial charge in [0.05, 0.1) is 37.7 Å². The molecule has 3 rings (SSSR count). The minimum atomic E-state index is -0.0172. The van der Waals surface area contributed by atoms with Crippen molar-refractivity contribution < 1.29 is 13.9 Å². The van der Waals surface area contributed by atoms with Crippen LogP contribution >= 0.6 is 0 Å². The van der Waals surface area contributed by atoms with Gasteiger partial charge in [-0.3, -0.25) is 4.90 Å². The van der Waals surface area contributed by atoms with Gasteiger partial charge in [0.15, 0.2) is 0 Å². The van der Waals surface area contributed by atoms with Gasteiger partial charge >= 0.3 is 0 Å². The van der Waals surface area contributed by atoms with Crippen molar-refractivity contribution in [3.05, 3.63) is 36.8 Å². The van der Waals surface area contributed by atoms with E-state index in [9.17, 15) is 0 Å². The molecule has 4 heteroatoms. The molecule has 2 fully saturated rings. The van der Waals surface area contributed by atoms with Gasteiger partial charge in [-0.15, -0.1) is 6.58 Å². The first-order valence-electron chi connectivity index (χ1n) is 7.41. The molecule has 2 aliphatic heterocycles. The molecule has 1 aromatic heterocycles. The number of piperidine rings is 1. The summed E-state index contributed by atoms with van der Waals surface area (Å²) < 4.78 is 17.3. The Labute approximate surface area is 120 Å². The second kappa shape index (κ2) is 6.12. The molecule has 2 aliphatic rings. The summed E-state index contributed by atoms with van der Waals surface area (Å²) in [6.07, 6.45) is 7.06. The molecule has 0 aromatic carbocycles. The molecule has 3 heterocycles. The van der Waals surface area contributed by atoms with E-state index in [4.69, 9.17) is 13.9 Å². The van der Waals surface area contributed by atoms with Gasteiger partial charge in [-0.25, -0.2) is 0 Å². The lowest BCUT2D eigenvalue weighted by atomic mass is 9.89. The molecule has 2 saturated heterocycles. The van der Waals surface area contributed by atoms with E-state index in [1.54, 1.807) is 12.3 Å². The molecule has 1 aromatic rings. The van der Waals surface area contributed by atoms with Crippen LogP contribution in [0.4, 0.5) is 0 Å². The minimum absolute atomic E-state index is 0.0172. The number of hydrogen-bond donors (Lipinski definition) is 0. The maximum atomic E-state index is 6.11. The quantitative estimate of drug-likeness (QED) is 0.775. The van der Waals surface area contributed by atoms with E-state index in [0.29, 0.717) is 13.2 Å². The Morgan fingerprint density at radius 3 is 3.30 bits per heavy atom. The third-order valence-electron chi connectivity index (χ3n) is 4.20. The number of nitrogens with zero attached hydrogens (tertiary/aromatic N) is 1. The van der Waals surface area contributed by atoms with E-state index < -0.39 is 0 Å². The SMILES string of the molecule is C=CCO[C@@H]1CO[C@@]2(CCCN(Cc3ccco3)C2)C1. The van der Waals surface area contributed by atoms with Crippen molar-refractivity contribution >= 4 is 0 Å².